The van der Waals surface area contributed by atoms with Crippen molar-refractivity contribution in [2.45, 2.75) is 6.61 Å². The highest BCUT2D eigenvalue weighted by molar-refractivity contribution is 7.20. The average molecular weight is 518 g/mol. The summed E-state index contributed by atoms with van der Waals surface area (Å²) in [4.78, 5) is 27.5. The minimum absolute atomic E-state index is 0.177. The van der Waals surface area contributed by atoms with Gasteiger partial charge in [0.2, 0.25) is 5.78 Å². The number of thiazole rings is 1. The molecule has 3 aromatic carbocycles. The Balaban J connectivity index is 1.31. The van der Waals surface area contributed by atoms with Crippen LogP contribution in [0.2, 0.25) is 10.0 Å². The molecule has 4 aromatic rings. The van der Waals surface area contributed by atoms with Crippen LogP contribution >= 0.6 is 34.5 Å². The molecule has 0 fully saturated rings. The number of Topliss-reactive ketones (excluding diaryl/α,β-unsaturated/α-hetero) is 1. The van der Waals surface area contributed by atoms with Crippen LogP contribution in [0.4, 0.5) is 0 Å². The monoisotopic (exact) mass is 517 g/mol. The van der Waals surface area contributed by atoms with E-state index in [0.717, 1.165) is 5.56 Å². The molecule has 174 valence electrons. The van der Waals surface area contributed by atoms with E-state index in [1.54, 1.807) is 60.7 Å². The molecule has 0 saturated heterocycles. The number of hydrogen-bond donors (Lipinski definition) is 1. The van der Waals surface area contributed by atoms with Gasteiger partial charge in [-0.05, 0) is 66.2 Å². The number of carbonyl (C=O) groups is 2. The molecule has 0 aliphatic heterocycles. The minimum atomic E-state index is -1.07. The Hall–Kier alpha value is -3.33. The van der Waals surface area contributed by atoms with Crippen molar-refractivity contribution in [1.29, 1.82) is 0 Å². The summed E-state index contributed by atoms with van der Waals surface area (Å²) >= 11 is 13.2. The van der Waals surface area contributed by atoms with Crippen molar-refractivity contribution in [3.05, 3.63) is 81.3 Å². The van der Waals surface area contributed by atoms with E-state index in [4.69, 9.17) is 42.5 Å². The molecule has 0 radical (unpaired) electrons. The molecule has 0 aliphatic rings. The van der Waals surface area contributed by atoms with Crippen LogP contribution in [0.5, 0.6) is 17.2 Å². The molecule has 0 spiro atoms. The largest absolute Gasteiger partial charge is 0.489 e. The first kappa shape index (κ1) is 23.8. The number of carboxylic acids is 1. The molecular weight excluding hydrogens is 501 g/mol. The van der Waals surface area contributed by atoms with Gasteiger partial charge >= 0.3 is 5.97 Å². The third-order valence-corrected chi connectivity index (χ3v) is 5.98. The normalized spacial score (nSPS) is 10.8. The topological polar surface area (TPSA) is 95.0 Å². The molecule has 0 bridgehead atoms. The lowest BCUT2D eigenvalue weighted by atomic mass is 10.2. The van der Waals surface area contributed by atoms with E-state index < -0.39 is 12.6 Å². The van der Waals surface area contributed by atoms with Gasteiger partial charge in [-0.15, -0.1) is 11.3 Å². The van der Waals surface area contributed by atoms with Gasteiger partial charge in [-0.2, -0.15) is 0 Å². The van der Waals surface area contributed by atoms with E-state index in [1.807, 2.05) is 0 Å². The molecule has 34 heavy (non-hydrogen) atoms. The lowest BCUT2D eigenvalue weighted by molar-refractivity contribution is -0.139. The SMILES string of the molecule is O=C(O)COc1ccc2nc(C(=O)COc3ccc(OCc4cc(Cl)cc(Cl)c4)cc3)sc2c1. The number of carbonyl (C=O) groups excluding carboxylic acids is 1. The first-order valence-electron chi connectivity index (χ1n) is 9.95. The third-order valence-electron chi connectivity index (χ3n) is 4.48. The Bertz CT molecular complexity index is 1320. The maximum absolute atomic E-state index is 12.5. The highest BCUT2D eigenvalue weighted by atomic mass is 35.5. The average Bonchev–Trinajstić information content (AvgIpc) is 3.23. The van der Waals surface area contributed by atoms with Crippen LogP contribution in [0.3, 0.4) is 0 Å². The van der Waals surface area contributed by atoms with Gasteiger partial charge in [-0.1, -0.05) is 23.2 Å². The summed E-state index contributed by atoms with van der Waals surface area (Å²) in [5, 5.41) is 10.1. The summed E-state index contributed by atoms with van der Waals surface area (Å²) < 4.78 is 17.2. The van der Waals surface area contributed by atoms with E-state index >= 15 is 0 Å². The maximum Gasteiger partial charge on any atom is 0.341 e. The zero-order valence-electron chi connectivity index (χ0n) is 17.5. The quantitative estimate of drug-likeness (QED) is 0.261. The van der Waals surface area contributed by atoms with Crippen molar-refractivity contribution in [3.8, 4) is 17.2 Å². The van der Waals surface area contributed by atoms with Crippen molar-refractivity contribution >= 4 is 56.5 Å². The molecule has 1 aromatic heterocycles. The molecule has 0 atom stereocenters. The summed E-state index contributed by atoms with van der Waals surface area (Å²) in [6, 6.07) is 17.1. The van der Waals surface area contributed by atoms with Crippen LogP contribution in [0.1, 0.15) is 15.4 Å². The predicted octanol–water partition coefficient (Wildman–Crippen LogP) is 5.91. The van der Waals surface area contributed by atoms with Crippen LogP contribution in [0, 0.1) is 0 Å². The van der Waals surface area contributed by atoms with Gasteiger partial charge in [-0.3, -0.25) is 4.79 Å². The fourth-order valence-electron chi connectivity index (χ4n) is 2.96. The minimum Gasteiger partial charge on any atom is -0.489 e. The molecule has 0 aliphatic carbocycles. The van der Waals surface area contributed by atoms with Crippen molar-refractivity contribution in [1.82, 2.24) is 4.98 Å². The van der Waals surface area contributed by atoms with Crippen LogP contribution in [0.25, 0.3) is 10.2 Å². The zero-order chi connectivity index (χ0) is 24.1. The summed E-state index contributed by atoms with van der Waals surface area (Å²) in [5.41, 5.74) is 1.47. The molecule has 4 rings (SSSR count). The van der Waals surface area contributed by atoms with E-state index in [0.29, 0.717) is 49.1 Å². The number of aliphatic carboxylic acids is 1. The maximum atomic E-state index is 12.5. The van der Waals surface area contributed by atoms with Crippen LogP contribution in [-0.2, 0) is 11.4 Å². The first-order chi connectivity index (χ1) is 16.4. The Morgan fingerprint density at radius 3 is 2.12 bits per heavy atom. The molecule has 0 unspecified atom stereocenters. The lowest BCUT2D eigenvalue weighted by Gasteiger charge is -2.09. The second-order valence-electron chi connectivity index (χ2n) is 7.08. The van der Waals surface area contributed by atoms with Gasteiger partial charge in [0.25, 0.3) is 0 Å². The summed E-state index contributed by atoms with van der Waals surface area (Å²) in [5.74, 6) is 0.198. The van der Waals surface area contributed by atoms with Gasteiger partial charge in [-0.25, -0.2) is 9.78 Å². The van der Waals surface area contributed by atoms with Gasteiger partial charge in [0.05, 0.1) is 10.2 Å². The van der Waals surface area contributed by atoms with Crippen molar-refractivity contribution < 1.29 is 28.9 Å². The smallest absolute Gasteiger partial charge is 0.341 e. The number of aromatic nitrogens is 1. The Morgan fingerprint density at radius 2 is 1.44 bits per heavy atom. The number of fused-ring (bicyclic) bond motifs is 1. The molecule has 7 nitrogen and oxygen atoms in total. The number of hydrogen-bond acceptors (Lipinski definition) is 7. The van der Waals surface area contributed by atoms with Crippen molar-refractivity contribution in [2.75, 3.05) is 13.2 Å². The zero-order valence-corrected chi connectivity index (χ0v) is 19.8. The standard InChI is InChI=1S/C24H17Cl2NO6S/c25-15-7-14(8-16(26)9-15)11-31-17-1-3-18(4-2-17)32-12-21(28)24-27-20-6-5-19(10-22(20)34-24)33-13-23(29)30/h1-10H,11-13H2,(H,29,30). The van der Waals surface area contributed by atoms with Crippen molar-refractivity contribution in [3.63, 3.8) is 0 Å². The number of carboxylic acid groups (broad SMARTS) is 1. The Labute approximate surface area is 208 Å². The van der Waals surface area contributed by atoms with E-state index in [9.17, 15) is 9.59 Å². The number of ether oxygens (including phenoxy) is 3. The number of halogens is 2. The lowest BCUT2D eigenvalue weighted by Crippen LogP contribution is -2.11. The first-order valence-corrected chi connectivity index (χ1v) is 11.5. The van der Waals surface area contributed by atoms with E-state index in [1.165, 1.54) is 11.3 Å². The predicted molar refractivity (Wildman–Crippen MR) is 130 cm³/mol. The number of nitrogens with zero attached hydrogens (tertiary/aromatic N) is 1. The molecule has 0 saturated carbocycles. The molecule has 1 N–H and O–H groups in total. The summed E-state index contributed by atoms with van der Waals surface area (Å²) in [7, 11) is 0. The molecule has 10 heteroatoms. The van der Waals surface area contributed by atoms with E-state index in [-0.39, 0.29) is 12.4 Å². The second kappa shape index (κ2) is 10.7. The van der Waals surface area contributed by atoms with Gasteiger partial charge in [0, 0.05) is 10.0 Å². The van der Waals surface area contributed by atoms with Gasteiger partial charge < -0.3 is 19.3 Å². The highest BCUT2D eigenvalue weighted by Gasteiger charge is 2.14. The Morgan fingerprint density at radius 1 is 0.824 bits per heavy atom. The Kier molecular flexibility index (Phi) is 7.52. The van der Waals surface area contributed by atoms with Crippen LogP contribution < -0.4 is 14.2 Å². The molecular formula is C24H17Cl2NO6S. The molecule has 0 amide bonds. The second-order valence-corrected chi connectivity index (χ2v) is 8.98. The number of rotatable bonds is 10. The van der Waals surface area contributed by atoms with Crippen LogP contribution in [0.15, 0.2) is 60.7 Å². The number of benzene rings is 3. The van der Waals surface area contributed by atoms with Gasteiger partial charge in [0.15, 0.2) is 18.2 Å². The summed E-state index contributed by atoms with van der Waals surface area (Å²) in [6.07, 6.45) is 0. The van der Waals surface area contributed by atoms with Crippen LogP contribution in [-0.4, -0.2) is 35.1 Å². The van der Waals surface area contributed by atoms with E-state index in [2.05, 4.69) is 4.98 Å². The number of ketones is 1. The third kappa shape index (κ3) is 6.38. The fraction of sp³-hybridized carbons (Fsp3) is 0.125. The van der Waals surface area contributed by atoms with Gasteiger partial charge in [0.1, 0.15) is 23.9 Å². The molecule has 1 heterocycles. The van der Waals surface area contributed by atoms with Crippen molar-refractivity contribution in [2.24, 2.45) is 0 Å². The fourth-order valence-corrected chi connectivity index (χ4v) is 4.45. The highest BCUT2D eigenvalue weighted by Crippen LogP contribution is 2.27. The summed E-state index contributed by atoms with van der Waals surface area (Å²) in [6.45, 7) is -0.314.